The van der Waals surface area contributed by atoms with E-state index in [1.807, 2.05) is 20.8 Å². The number of carboxylic acids is 1. The fraction of sp³-hybridized carbons (Fsp3) is 0.357. The number of ether oxygens (including phenoxy) is 1. The van der Waals surface area contributed by atoms with E-state index in [0.717, 1.165) is 0 Å². The van der Waals surface area contributed by atoms with E-state index in [4.69, 9.17) is 4.74 Å². The summed E-state index contributed by atoms with van der Waals surface area (Å²) in [5.74, 6) is -0.685. The van der Waals surface area contributed by atoms with E-state index in [0.29, 0.717) is 16.7 Å². The zero-order valence-electron chi connectivity index (χ0n) is 12.4. The third kappa shape index (κ3) is 2.50. The Morgan fingerprint density at radius 3 is 2.33 bits per heavy atom. The zero-order valence-corrected chi connectivity index (χ0v) is 12.4. The predicted octanol–water partition coefficient (Wildman–Crippen LogP) is 0.783. The van der Waals surface area contributed by atoms with Gasteiger partial charge >= 0.3 is 13.1 Å². The number of aromatic carboxylic acids is 1. The van der Waals surface area contributed by atoms with Crippen molar-refractivity contribution < 1.29 is 24.7 Å². The van der Waals surface area contributed by atoms with Crippen LogP contribution >= 0.6 is 0 Å². The van der Waals surface area contributed by atoms with Gasteiger partial charge in [0.1, 0.15) is 11.4 Å². The van der Waals surface area contributed by atoms with Crippen LogP contribution < -0.4 is 10.2 Å². The van der Waals surface area contributed by atoms with Crippen molar-refractivity contribution >= 4 is 29.5 Å². The molecule has 1 aromatic carbocycles. The van der Waals surface area contributed by atoms with Crippen LogP contribution in [0.5, 0.6) is 5.75 Å². The molecule has 0 aliphatic rings. The number of carboxylic acid groups (broad SMARTS) is 1. The molecule has 2 rings (SSSR count). The van der Waals surface area contributed by atoms with E-state index in [2.05, 4.69) is 0 Å². The average Bonchev–Trinajstić information content (AvgIpc) is 2.72. The highest BCUT2D eigenvalue weighted by Gasteiger charge is 2.33. The second-order valence-electron chi connectivity index (χ2n) is 5.83. The molecule has 0 aliphatic carbocycles. The summed E-state index contributed by atoms with van der Waals surface area (Å²) in [5, 5.41) is 29.2. The van der Waals surface area contributed by atoms with E-state index in [1.165, 1.54) is 7.11 Å². The van der Waals surface area contributed by atoms with Crippen LogP contribution in [-0.2, 0) is 5.54 Å². The third-order valence-corrected chi connectivity index (χ3v) is 3.35. The Labute approximate surface area is 122 Å². The first kappa shape index (κ1) is 15.4. The summed E-state index contributed by atoms with van der Waals surface area (Å²) < 4.78 is 6.73. The molecule has 0 aliphatic heterocycles. The molecule has 0 unspecified atom stereocenters. The maximum Gasteiger partial charge on any atom is 0.491 e. The molecule has 2 aromatic rings. The van der Waals surface area contributed by atoms with Crippen molar-refractivity contribution in [3.8, 4) is 5.75 Å². The van der Waals surface area contributed by atoms with Crippen molar-refractivity contribution in [2.45, 2.75) is 26.3 Å². The molecule has 21 heavy (non-hydrogen) atoms. The first-order valence-electron chi connectivity index (χ1n) is 6.50. The lowest BCUT2D eigenvalue weighted by molar-refractivity contribution is 0.0680. The summed E-state index contributed by atoms with van der Waals surface area (Å²) in [5.41, 5.74) is -0.0656. The van der Waals surface area contributed by atoms with Crippen LogP contribution in [-0.4, -0.2) is 39.9 Å². The molecule has 6 nitrogen and oxygen atoms in total. The molecule has 0 atom stereocenters. The van der Waals surface area contributed by atoms with Crippen LogP contribution in [0.25, 0.3) is 10.9 Å². The van der Waals surface area contributed by atoms with Gasteiger partial charge in [-0.1, -0.05) is 0 Å². The number of hydrogen-bond acceptors (Lipinski definition) is 4. The van der Waals surface area contributed by atoms with Crippen LogP contribution in [0.2, 0.25) is 0 Å². The molecule has 0 radical (unpaired) electrons. The lowest BCUT2D eigenvalue weighted by atomic mass is 9.77. The summed E-state index contributed by atoms with van der Waals surface area (Å²) >= 11 is 0. The predicted molar refractivity (Wildman–Crippen MR) is 80.3 cm³/mol. The Morgan fingerprint density at radius 2 is 1.90 bits per heavy atom. The van der Waals surface area contributed by atoms with E-state index in [9.17, 15) is 19.9 Å². The molecule has 0 bridgehead atoms. The molecule has 112 valence electrons. The monoisotopic (exact) mass is 291 g/mol. The minimum atomic E-state index is -1.88. The van der Waals surface area contributed by atoms with Crippen molar-refractivity contribution in [3.63, 3.8) is 0 Å². The van der Waals surface area contributed by atoms with Gasteiger partial charge in [0.25, 0.3) is 0 Å². The summed E-state index contributed by atoms with van der Waals surface area (Å²) in [7, 11) is -0.385. The molecule has 0 saturated carbocycles. The van der Waals surface area contributed by atoms with Crippen molar-refractivity contribution in [1.29, 1.82) is 0 Å². The van der Waals surface area contributed by atoms with Crippen molar-refractivity contribution in [3.05, 3.63) is 23.9 Å². The van der Waals surface area contributed by atoms with Gasteiger partial charge in [0.2, 0.25) is 0 Å². The number of rotatable bonds is 3. The first-order chi connectivity index (χ1) is 9.68. The highest BCUT2D eigenvalue weighted by atomic mass is 16.5. The summed E-state index contributed by atoms with van der Waals surface area (Å²) in [6, 6.07) is 5.04. The SMILES string of the molecule is COc1ccc2c(c1)c(B(O)O)c(C(=O)O)n2C(C)(C)C. The van der Waals surface area contributed by atoms with Crippen LogP contribution in [0.4, 0.5) is 0 Å². The topological polar surface area (TPSA) is 91.9 Å². The maximum absolute atomic E-state index is 11.6. The maximum atomic E-state index is 11.6. The minimum absolute atomic E-state index is 0.0219. The van der Waals surface area contributed by atoms with Crippen molar-refractivity contribution in [2.24, 2.45) is 0 Å². The van der Waals surface area contributed by atoms with E-state index < -0.39 is 18.6 Å². The second kappa shape index (κ2) is 5.09. The van der Waals surface area contributed by atoms with Gasteiger partial charge in [-0.25, -0.2) is 4.79 Å². The fourth-order valence-electron chi connectivity index (χ4n) is 2.59. The Hall–Kier alpha value is -1.99. The largest absolute Gasteiger partial charge is 0.497 e. The molecule has 0 spiro atoms. The summed E-state index contributed by atoms with van der Waals surface area (Å²) in [4.78, 5) is 11.6. The number of methoxy groups -OCH3 is 1. The molecular formula is C14H18BNO5. The zero-order chi connectivity index (χ0) is 15.9. The number of carbonyl (C=O) groups is 1. The normalized spacial score (nSPS) is 11.7. The van der Waals surface area contributed by atoms with E-state index >= 15 is 0 Å². The fourth-order valence-corrected chi connectivity index (χ4v) is 2.59. The quantitative estimate of drug-likeness (QED) is 0.727. The standard InChI is InChI=1S/C14H18BNO5/c1-14(2,3)16-10-6-5-8(21-4)7-9(10)11(15(19)20)12(16)13(17)18/h5-7,19-20H,1-4H3,(H,17,18). The minimum Gasteiger partial charge on any atom is -0.497 e. The van der Waals surface area contributed by atoms with Gasteiger partial charge in [-0.15, -0.1) is 0 Å². The number of benzene rings is 1. The van der Waals surface area contributed by atoms with Crippen molar-refractivity contribution in [2.75, 3.05) is 7.11 Å². The Balaban J connectivity index is 3.00. The number of aromatic nitrogens is 1. The lowest BCUT2D eigenvalue weighted by Gasteiger charge is -2.25. The summed E-state index contributed by atoms with van der Waals surface area (Å²) in [6.45, 7) is 5.57. The van der Waals surface area contributed by atoms with Crippen LogP contribution in [0.1, 0.15) is 31.3 Å². The van der Waals surface area contributed by atoms with Crippen LogP contribution in [0, 0.1) is 0 Å². The van der Waals surface area contributed by atoms with Gasteiger partial charge < -0.3 is 24.5 Å². The molecule has 0 fully saturated rings. The molecule has 1 aromatic heterocycles. The Morgan fingerprint density at radius 1 is 1.29 bits per heavy atom. The third-order valence-electron chi connectivity index (χ3n) is 3.35. The van der Waals surface area contributed by atoms with Gasteiger partial charge in [0, 0.05) is 21.9 Å². The molecule has 7 heteroatoms. The van der Waals surface area contributed by atoms with Gasteiger partial charge in [0.05, 0.1) is 7.11 Å². The molecular weight excluding hydrogens is 273 g/mol. The van der Waals surface area contributed by atoms with Gasteiger partial charge in [-0.3, -0.25) is 0 Å². The van der Waals surface area contributed by atoms with Crippen LogP contribution in [0.3, 0.4) is 0 Å². The molecule has 3 N–H and O–H groups in total. The highest BCUT2D eigenvalue weighted by Crippen LogP contribution is 2.29. The van der Waals surface area contributed by atoms with Gasteiger partial charge in [0.15, 0.2) is 0 Å². The van der Waals surface area contributed by atoms with Crippen LogP contribution in [0.15, 0.2) is 18.2 Å². The molecule has 0 amide bonds. The lowest BCUT2D eigenvalue weighted by Crippen LogP contribution is -2.37. The number of fused-ring (bicyclic) bond motifs is 1. The van der Waals surface area contributed by atoms with Crippen molar-refractivity contribution in [1.82, 2.24) is 4.57 Å². The number of hydrogen-bond donors (Lipinski definition) is 3. The smallest absolute Gasteiger partial charge is 0.491 e. The first-order valence-corrected chi connectivity index (χ1v) is 6.50. The van der Waals surface area contributed by atoms with E-state index in [1.54, 1.807) is 22.8 Å². The highest BCUT2D eigenvalue weighted by molar-refractivity contribution is 6.63. The number of nitrogens with zero attached hydrogens (tertiary/aromatic N) is 1. The Kier molecular flexibility index (Phi) is 3.73. The molecule has 1 heterocycles. The van der Waals surface area contributed by atoms with Gasteiger partial charge in [-0.05, 0) is 39.0 Å². The molecule has 0 saturated heterocycles. The van der Waals surface area contributed by atoms with E-state index in [-0.39, 0.29) is 11.2 Å². The summed E-state index contributed by atoms with van der Waals surface area (Å²) in [6.07, 6.45) is 0. The van der Waals surface area contributed by atoms with Gasteiger partial charge in [-0.2, -0.15) is 0 Å². The Bertz CT molecular complexity index is 699. The second-order valence-corrected chi connectivity index (χ2v) is 5.83. The average molecular weight is 291 g/mol.